The minimum atomic E-state index is -0.0537. The summed E-state index contributed by atoms with van der Waals surface area (Å²) in [6.45, 7) is 3.64. The van der Waals surface area contributed by atoms with Gasteiger partial charge in [-0.05, 0) is 66.8 Å². The third-order valence-electron chi connectivity index (χ3n) is 5.49. The van der Waals surface area contributed by atoms with Crippen LogP contribution >= 0.6 is 0 Å². The van der Waals surface area contributed by atoms with Crippen molar-refractivity contribution in [1.82, 2.24) is 10.2 Å². The summed E-state index contributed by atoms with van der Waals surface area (Å²) in [6, 6.07) is 15.7. The van der Waals surface area contributed by atoms with Crippen molar-refractivity contribution < 1.29 is 14.3 Å². The van der Waals surface area contributed by atoms with Crippen LogP contribution in [0.25, 0.3) is 22.1 Å². The number of hydrogen-bond donors (Lipinski definition) is 2. The lowest BCUT2D eigenvalue weighted by Gasteiger charge is -2.31. The van der Waals surface area contributed by atoms with Crippen molar-refractivity contribution in [3.63, 3.8) is 0 Å². The molecule has 5 nitrogen and oxygen atoms in total. The number of nitrogens with zero attached hydrogens (tertiary/aromatic N) is 1. The first-order valence-electron chi connectivity index (χ1n) is 9.92. The van der Waals surface area contributed by atoms with Crippen molar-refractivity contribution >= 4 is 16.9 Å². The molecule has 1 aromatic heterocycles. The van der Waals surface area contributed by atoms with Gasteiger partial charge in [0.1, 0.15) is 5.58 Å². The Morgan fingerprint density at radius 1 is 1.18 bits per heavy atom. The molecule has 2 aromatic carbocycles. The van der Waals surface area contributed by atoms with Gasteiger partial charge in [0.25, 0.3) is 5.91 Å². The molecule has 146 valence electrons. The zero-order chi connectivity index (χ0) is 19.3. The average Bonchev–Trinajstić information content (AvgIpc) is 3.22. The Balaban J connectivity index is 1.37. The van der Waals surface area contributed by atoms with E-state index in [1.165, 1.54) is 0 Å². The molecule has 0 radical (unpaired) electrons. The summed E-state index contributed by atoms with van der Waals surface area (Å²) in [7, 11) is 0. The molecule has 1 amide bonds. The van der Waals surface area contributed by atoms with E-state index in [4.69, 9.17) is 4.42 Å². The van der Waals surface area contributed by atoms with Crippen LogP contribution < -0.4 is 5.32 Å². The van der Waals surface area contributed by atoms with Gasteiger partial charge in [-0.3, -0.25) is 4.79 Å². The SMILES string of the molecule is O=C(NCCN1CCC[C@@H](CO)C1)c1cccc(-c2ccc3occc3c2)c1. The fourth-order valence-electron chi connectivity index (χ4n) is 3.92. The molecule has 1 fully saturated rings. The van der Waals surface area contributed by atoms with Crippen LogP contribution in [0.2, 0.25) is 0 Å². The largest absolute Gasteiger partial charge is 0.464 e. The van der Waals surface area contributed by atoms with Crippen molar-refractivity contribution in [1.29, 1.82) is 0 Å². The van der Waals surface area contributed by atoms with Gasteiger partial charge in [0.05, 0.1) is 6.26 Å². The normalized spacial score (nSPS) is 17.7. The number of amides is 1. The highest BCUT2D eigenvalue weighted by Crippen LogP contribution is 2.25. The molecule has 0 spiro atoms. The van der Waals surface area contributed by atoms with Crippen LogP contribution in [-0.4, -0.2) is 48.7 Å². The van der Waals surface area contributed by atoms with E-state index in [0.717, 1.165) is 54.6 Å². The van der Waals surface area contributed by atoms with E-state index >= 15 is 0 Å². The first-order valence-corrected chi connectivity index (χ1v) is 9.92. The maximum atomic E-state index is 12.6. The molecule has 0 saturated carbocycles. The molecule has 28 heavy (non-hydrogen) atoms. The summed E-state index contributed by atoms with van der Waals surface area (Å²) < 4.78 is 5.40. The molecule has 1 aliphatic rings. The highest BCUT2D eigenvalue weighted by molar-refractivity contribution is 5.95. The predicted molar refractivity (Wildman–Crippen MR) is 110 cm³/mol. The molecule has 1 saturated heterocycles. The van der Waals surface area contributed by atoms with Gasteiger partial charge in [-0.2, -0.15) is 0 Å². The van der Waals surface area contributed by atoms with Gasteiger partial charge >= 0.3 is 0 Å². The van der Waals surface area contributed by atoms with Crippen LogP contribution in [0.15, 0.2) is 59.2 Å². The number of aliphatic hydroxyl groups is 1. The fourth-order valence-corrected chi connectivity index (χ4v) is 3.92. The molecule has 2 heterocycles. The smallest absolute Gasteiger partial charge is 0.251 e. The summed E-state index contributed by atoms with van der Waals surface area (Å²) in [5.74, 6) is 0.315. The van der Waals surface area contributed by atoms with E-state index in [0.29, 0.717) is 18.0 Å². The van der Waals surface area contributed by atoms with Crippen LogP contribution in [0, 0.1) is 5.92 Å². The first kappa shape index (κ1) is 18.7. The molecule has 0 unspecified atom stereocenters. The maximum Gasteiger partial charge on any atom is 0.251 e. The Morgan fingerprint density at radius 2 is 2.07 bits per heavy atom. The molecular weight excluding hydrogens is 352 g/mol. The predicted octanol–water partition coefficient (Wildman–Crippen LogP) is 3.53. The van der Waals surface area contributed by atoms with Crippen molar-refractivity contribution in [2.24, 2.45) is 5.92 Å². The number of benzene rings is 2. The standard InChI is InChI=1S/C23H26N2O3/c26-16-17-3-2-10-25(15-17)11-9-24-23(27)21-5-1-4-18(14-21)19-6-7-22-20(13-19)8-12-28-22/h1,4-8,12-14,17,26H,2-3,9-11,15-16H2,(H,24,27)/t17-/m1/s1. The van der Waals surface area contributed by atoms with E-state index in [2.05, 4.69) is 16.3 Å². The molecular formula is C23H26N2O3. The van der Waals surface area contributed by atoms with Gasteiger partial charge in [0.15, 0.2) is 0 Å². The maximum absolute atomic E-state index is 12.6. The number of piperidine rings is 1. The van der Waals surface area contributed by atoms with E-state index in [1.54, 1.807) is 6.26 Å². The number of furan rings is 1. The number of nitrogens with one attached hydrogen (secondary N) is 1. The van der Waals surface area contributed by atoms with E-state index in [1.807, 2.05) is 42.5 Å². The van der Waals surface area contributed by atoms with Crippen molar-refractivity contribution in [3.8, 4) is 11.1 Å². The quantitative estimate of drug-likeness (QED) is 0.689. The number of carbonyl (C=O) groups excluding carboxylic acids is 1. The highest BCUT2D eigenvalue weighted by atomic mass is 16.3. The Hall–Kier alpha value is -2.63. The third-order valence-corrected chi connectivity index (χ3v) is 5.49. The second-order valence-corrected chi connectivity index (χ2v) is 7.50. The monoisotopic (exact) mass is 378 g/mol. The van der Waals surface area contributed by atoms with E-state index in [-0.39, 0.29) is 12.5 Å². The van der Waals surface area contributed by atoms with Crippen molar-refractivity contribution in [2.75, 3.05) is 32.8 Å². The summed E-state index contributed by atoms with van der Waals surface area (Å²) in [6.07, 6.45) is 3.89. The summed E-state index contributed by atoms with van der Waals surface area (Å²) in [5, 5.41) is 13.4. The topological polar surface area (TPSA) is 65.7 Å². The number of carbonyl (C=O) groups is 1. The van der Waals surface area contributed by atoms with Gasteiger partial charge in [-0.15, -0.1) is 0 Å². The first-order chi connectivity index (χ1) is 13.7. The van der Waals surface area contributed by atoms with Crippen LogP contribution in [0.4, 0.5) is 0 Å². The van der Waals surface area contributed by atoms with Crippen LogP contribution in [0.1, 0.15) is 23.2 Å². The average molecular weight is 378 g/mol. The molecule has 5 heteroatoms. The molecule has 0 bridgehead atoms. The van der Waals surface area contributed by atoms with Crippen LogP contribution in [0.3, 0.4) is 0 Å². The summed E-state index contributed by atoms with van der Waals surface area (Å²) >= 11 is 0. The van der Waals surface area contributed by atoms with Gasteiger partial charge in [0, 0.05) is 37.2 Å². The molecule has 4 rings (SSSR count). The van der Waals surface area contributed by atoms with Crippen LogP contribution in [-0.2, 0) is 0 Å². The summed E-state index contributed by atoms with van der Waals surface area (Å²) in [4.78, 5) is 14.9. The van der Waals surface area contributed by atoms with Gasteiger partial charge in [-0.25, -0.2) is 0 Å². The second-order valence-electron chi connectivity index (χ2n) is 7.50. The molecule has 3 aromatic rings. The Bertz CT molecular complexity index is 950. The number of likely N-dealkylation sites (tertiary alicyclic amines) is 1. The third kappa shape index (κ3) is 4.26. The van der Waals surface area contributed by atoms with Gasteiger partial charge in [-0.1, -0.05) is 18.2 Å². The highest BCUT2D eigenvalue weighted by Gasteiger charge is 2.18. The van der Waals surface area contributed by atoms with Crippen molar-refractivity contribution in [2.45, 2.75) is 12.8 Å². The van der Waals surface area contributed by atoms with E-state index < -0.39 is 0 Å². The number of rotatable bonds is 6. The van der Waals surface area contributed by atoms with Gasteiger partial charge < -0.3 is 19.7 Å². The second kappa shape index (κ2) is 8.59. The molecule has 0 aliphatic carbocycles. The Labute approximate surface area is 165 Å². The Kier molecular flexibility index (Phi) is 5.74. The molecule has 1 atom stereocenters. The molecule has 1 aliphatic heterocycles. The number of hydrogen-bond acceptors (Lipinski definition) is 4. The number of fused-ring (bicyclic) bond motifs is 1. The zero-order valence-corrected chi connectivity index (χ0v) is 15.9. The summed E-state index contributed by atoms with van der Waals surface area (Å²) in [5.41, 5.74) is 3.60. The fraction of sp³-hybridized carbons (Fsp3) is 0.348. The minimum Gasteiger partial charge on any atom is -0.464 e. The number of aliphatic hydroxyl groups excluding tert-OH is 1. The minimum absolute atomic E-state index is 0.0537. The lowest BCUT2D eigenvalue weighted by molar-refractivity contribution is 0.0930. The Morgan fingerprint density at radius 3 is 2.96 bits per heavy atom. The van der Waals surface area contributed by atoms with Crippen molar-refractivity contribution in [3.05, 3.63) is 60.4 Å². The van der Waals surface area contributed by atoms with E-state index in [9.17, 15) is 9.90 Å². The lowest BCUT2D eigenvalue weighted by Crippen LogP contribution is -2.41. The van der Waals surface area contributed by atoms with Gasteiger partial charge in [0.2, 0.25) is 0 Å². The zero-order valence-electron chi connectivity index (χ0n) is 15.9. The molecule has 2 N–H and O–H groups in total. The van der Waals surface area contributed by atoms with Crippen LogP contribution in [0.5, 0.6) is 0 Å². The lowest BCUT2D eigenvalue weighted by atomic mass is 9.99.